The minimum Gasteiger partial charge on any atom is -0.462 e. The molecule has 250 valence electrons. The molecule has 8 nitrogen and oxygen atoms in total. The van der Waals surface area contributed by atoms with E-state index in [1.807, 2.05) is 6.26 Å². The second-order valence-electron chi connectivity index (χ2n) is 9.26. The van der Waals surface area contributed by atoms with Crippen molar-refractivity contribution in [1.82, 2.24) is 0 Å². The summed E-state index contributed by atoms with van der Waals surface area (Å²) in [6.07, 6.45) is 18.9. The molecule has 0 aromatic heterocycles. The van der Waals surface area contributed by atoms with Crippen LogP contribution in [0.4, 0.5) is 0 Å². The summed E-state index contributed by atoms with van der Waals surface area (Å²) >= 11 is 6.19. The van der Waals surface area contributed by atoms with E-state index < -0.39 is 17.9 Å². The van der Waals surface area contributed by atoms with Gasteiger partial charge >= 0.3 is 23.9 Å². The van der Waals surface area contributed by atoms with Crippen LogP contribution in [0, 0.1) is 0 Å². The summed E-state index contributed by atoms with van der Waals surface area (Å²) in [5, 5.41) is 6.93. The van der Waals surface area contributed by atoms with Crippen molar-refractivity contribution in [3.8, 4) is 0 Å². The van der Waals surface area contributed by atoms with Crippen LogP contribution in [-0.4, -0.2) is 73.8 Å². The number of unbranched alkanes of at least 4 members (excludes halogenated alkanes) is 7. The van der Waals surface area contributed by atoms with Crippen molar-refractivity contribution in [3.05, 3.63) is 45.9 Å². The summed E-state index contributed by atoms with van der Waals surface area (Å²) in [5.74, 6) is 1.30. The lowest BCUT2D eigenvalue weighted by atomic mass is 10.2. The number of esters is 4. The molecule has 0 spiro atoms. The average molecular weight is 691 g/mol. The monoisotopic (exact) mass is 690 g/mol. The Kier molecular flexibility index (Phi) is 32.8. The molecule has 0 amide bonds. The summed E-state index contributed by atoms with van der Waals surface area (Å²) < 4.78 is 20.3. The first kappa shape index (κ1) is 42.2. The van der Waals surface area contributed by atoms with E-state index in [9.17, 15) is 19.2 Å². The molecular formula is C32H50O8S4. The van der Waals surface area contributed by atoms with Gasteiger partial charge in [-0.15, -0.1) is 47.0 Å². The molecule has 0 fully saturated rings. The fourth-order valence-electron chi connectivity index (χ4n) is 3.15. The molecule has 0 aliphatic rings. The number of carbonyl (C=O) groups is 4. The average Bonchev–Trinajstić information content (AvgIpc) is 3.01. The number of hydrogen-bond donors (Lipinski definition) is 0. The third kappa shape index (κ3) is 33.1. The van der Waals surface area contributed by atoms with Gasteiger partial charge in [-0.1, -0.05) is 45.4 Å². The molecule has 0 heterocycles. The first-order chi connectivity index (χ1) is 21.5. The van der Waals surface area contributed by atoms with Crippen molar-refractivity contribution in [1.29, 1.82) is 0 Å². The molecule has 0 atom stereocenters. The highest BCUT2D eigenvalue weighted by Gasteiger charge is 2.01. The maximum Gasteiger partial charge on any atom is 0.331 e. The maximum absolute atomic E-state index is 11.8. The van der Waals surface area contributed by atoms with Gasteiger partial charge in [0.25, 0.3) is 0 Å². The molecule has 0 aromatic rings. The normalized spacial score (nSPS) is 11.6. The van der Waals surface area contributed by atoms with Gasteiger partial charge in [-0.3, -0.25) is 0 Å². The van der Waals surface area contributed by atoms with Crippen LogP contribution in [0.25, 0.3) is 0 Å². The van der Waals surface area contributed by atoms with Crippen LogP contribution < -0.4 is 0 Å². The second-order valence-corrected chi connectivity index (χ2v) is 13.0. The van der Waals surface area contributed by atoms with Gasteiger partial charge in [-0.05, 0) is 64.4 Å². The SMILES string of the molecule is CCCCCCCS/C=C/C(=O)OCCCOC(=O)/C=C/SCCCCCCS/C=C\C(=O)OCCCOC(=O)/C=C\SC. The van der Waals surface area contributed by atoms with E-state index in [1.54, 1.807) is 56.9 Å². The van der Waals surface area contributed by atoms with Crippen molar-refractivity contribution in [2.45, 2.75) is 77.6 Å². The number of ether oxygens (including phenoxy) is 4. The van der Waals surface area contributed by atoms with Crippen LogP contribution in [0.1, 0.15) is 77.6 Å². The number of hydrogen-bond acceptors (Lipinski definition) is 12. The Bertz CT molecular complexity index is 874. The maximum atomic E-state index is 11.8. The lowest BCUT2D eigenvalue weighted by Crippen LogP contribution is -2.08. The van der Waals surface area contributed by atoms with Crippen LogP contribution in [0.5, 0.6) is 0 Å². The minimum atomic E-state index is -0.401. The topological polar surface area (TPSA) is 105 Å². The fraction of sp³-hybridized carbons (Fsp3) is 0.625. The Morgan fingerprint density at radius 1 is 0.455 bits per heavy atom. The molecule has 0 saturated carbocycles. The second kappa shape index (κ2) is 34.1. The molecule has 0 rings (SSSR count). The van der Waals surface area contributed by atoms with Crippen molar-refractivity contribution >= 4 is 70.9 Å². The summed E-state index contributed by atoms with van der Waals surface area (Å²) in [6.45, 7) is 3.05. The lowest BCUT2D eigenvalue weighted by molar-refractivity contribution is -0.142. The highest BCUT2D eigenvalue weighted by molar-refractivity contribution is 8.02. The quantitative estimate of drug-likeness (QED) is 0.0328. The predicted octanol–water partition coefficient (Wildman–Crippen LogP) is 8.09. The largest absolute Gasteiger partial charge is 0.462 e. The van der Waals surface area contributed by atoms with Crippen LogP contribution in [0.15, 0.2) is 45.9 Å². The predicted molar refractivity (Wildman–Crippen MR) is 188 cm³/mol. The van der Waals surface area contributed by atoms with E-state index in [4.69, 9.17) is 18.9 Å². The zero-order valence-electron chi connectivity index (χ0n) is 26.2. The molecule has 12 heteroatoms. The van der Waals surface area contributed by atoms with Crippen molar-refractivity contribution in [2.75, 3.05) is 49.9 Å². The van der Waals surface area contributed by atoms with Crippen molar-refractivity contribution < 1.29 is 38.1 Å². The van der Waals surface area contributed by atoms with Gasteiger partial charge in [0.2, 0.25) is 0 Å². The van der Waals surface area contributed by atoms with Gasteiger partial charge in [0.05, 0.1) is 26.4 Å². The Balaban J connectivity index is 3.52. The highest BCUT2D eigenvalue weighted by Crippen LogP contribution is 2.12. The van der Waals surface area contributed by atoms with Crippen LogP contribution in [0.2, 0.25) is 0 Å². The van der Waals surface area contributed by atoms with Crippen LogP contribution in [-0.2, 0) is 38.1 Å². The standard InChI is InChI=1S/C32H50O8S4/c1-3-4-5-6-9-22-42-26-15-30(34)39-20-13-21-40-32(36)17-28-44-24-11-8-7-10-23-43-27-16-31(35)38-19-12-18-37-29(33)14-25-41-2/h14-17,25-28H,3-13,18-24H2,1-2H3/b25-14-,26-15+,27-16-,28-17+. The summed E-state index contributed by atoms with van der Waals surface area (Å²) in [4.78, 5) is 46.4. The number of carbonyl (C=O) groups excluding carboxylic acids is 4. The van der Waals surface area contributed by atoms with Crippen LogP contribution in [0.3, 0.4) is 0 Å². The Morgan fingerprint density at radius 3 is 1.09 bits per heavy atom. The molecule has 0 N–H and O–H groups in total. The molecule has 0 aliphatic carbocycles. The molecule has 0 bridgehead atoms. The molecule has 0 unspecified atom stereocenters. The summed E-state index contributed by atoms with van der Waals surface area (Å²) in [6, 6.07) is 0. The zero-order valence-corrected chi connectivity index (χ0v) is 29.5. The Morgan fingerprint density at radius 2 is 0.773 bits per heavy atom. The van der Waals surface area contributed by atoms with E-state index in [2.05, 4.69) is 6.92 Å². The van der Waals surface area contributed by atoms with E-state index in [0.29, 0.717) is 12.8 Å². The third-order valence-corrected chi connectivity index (χ3v) is 8.40. The van der Waals surface area contributed by atoms with E-state index in [1.165, 1.54) is 61.7 Å². The van der Waals surface area contributed by atoms with E-state index >= 15 is 0 Å². The van der Waals surface area contributed by atoms with Gasteiger partial charge in [0.1, 0.15) is 0 Å². The van der Waals surface area contributed by atoms with Crippen molar-refractivity contribution in [3.63, 3.8) is 0 Å². The highest BCUT2D eigenvalue weighted by atomic mass is 32.2. The van der Waals surface area contributed by atoms with Crippen LogP contribution >= 0.6 is 47.0 Å². The minimum absolute atomic E-state index is 0.206. The van der Waals surface area contributed by atoms with Crippen molar-refractivity contribution in [2.24, 2.45) is 0 Å². The van der Waals surface area contributed by atoms with E-state index in [-0.39, 0.29) is 32.4 Å². The van der Waals surface area contributed by atoms with Gasteiger partial charge < -0.3 is 18.9 Å². The molecule has 0 aromatic carbocycles. The Labute approximate surface area is 281 Å². The molecule has 0 saturated heterocycles. The van der Waals surface area contributed by atoms with E-state index in [0.717, 1.165) is 49.4 Å². The first-order valence-electron chi connectivity index (χ1n) is 15.2. The summed E-state index contributed by atoms with van der Waals surface area (Å²) in [7, 11) is 0. The smallest absolute Gasteiger partial charge is 0.331 e. The lowest BCUT2D eigenvalue weighted by Gasteiger charge is -2.03. The van der Waals surface area contributed by atoms with Gasteiger partial charge in [-0.2, -0.15) is 0 Å². The Hall–Kier alpha value is -1.76. The van der Waals surface area contributed by atoms with Gasteiger partial charge in [0, 0.05) is 37.1 Å². The first-order valence-corrected chi connectivity index (χ1v) is 19.6. The van der Waals surface area contributed by atoms with Gasteiger partial charge in [0.15, 0.2) is 0 Å². The van der Waals surface area contributed by atoms with Gasteiger partial charge in [-0.25, -0.2) is 19.2 Å². The molecular weight excluding hydrogens is 641 g/mol. The fourth-order valence-corrected chi connectivity index (χ4v) is 5.54. The zero-order chi connectivity index (χ0) is 32.4. The molecule has 0 radical (unpaired) electrons. The molecule has 44 heavy (non-hydrogen) atoms. The third-order valence-electron chi connectivity index (χ3n) is 5.44. The number of thioether (sulfide) groups is 4. The molecule has 0 aliphatic heterocycles. The summed E-state index contributed by atoms with van der Waals surface area (Å²) in [5.41, 5.74) is 0. The number of rotatable bonds is 29.